The van der Waals surface area contributed by atoms with Crippen molar-refractivity contribution in [3.05, 3.63) is 29.8 Å². The van der Waals surface area contributed by atoms with Gasteiger partial charge in [-0.15, -0.1) is 0 Å². The SMILES string of the molecule is Nc1ccc(CNNC23CC4CC(CC(C4)C2)C3)cc1. The van der Waals surface area contributed by atoms with Crippen LogP contribution in [0.4, 0.5) is 5.69 Å². The normalized spacial score (nSPS) is 38.3. The minimum Gasteiger partial charge on any atom is -0.399 e. The van der Waals surface area contributed by atoms with Gasteiger partial charge in [-0.1, -0.05) is 12.1 Å². The maximum absolute atomic E-state index is 5.72. The van der Waals surface area contributed by atoms with Gasteiger partial charge in [0.05, 0.1) is 0 Å². The van der Waals surface area contributed by atoms with Crippen molar-refractivity contribution in [1.29, 1.82) is 0 Å². The lowest BCUT2D eigenvalue weighted by atomic mass is 9.53. The number of anilines is 1. The van der Waals surface area contributed by atoms with Crippen molar-refractivity contribution in [3.8, 4) is 0 Å². The van der Waals surface area contributed by atoms with E-state index in [0.717, 1.165) is 30.0 Å². The molecule has 1 aromatic carbocycles. The van der Waals surface area contributed by atoms with E-state index in [2.05, 4.69) is 23.0 Å². The van der Waals surface area contributed by atoms with Gasteiger partial charge >= 0.3 is 0 Å². The summed E-state index contributed by atoms with van der Waals surface area (Å²) >= 11 is 0. The lowest BCUT2D eigenvalue weighted by molar-refractivity contribution is -0.0271. The Hall–Kier alpha value is -1.06. The van der Waals surface area contributed by atoms with Crippen molar-refractivity contribution < 1.29 is 0 Å². The van der Waals surface area contributed by atoms with Gasteiger partial charge in [-0.25, -0.2) is 0 Å². The van der Waals surface area contributed by atoms with E-state index in [4.69, 9.17) is 5.73 Å². The number of nitrogen functional groups attached to an aromatic ring is 1. The molecule has 0 aromatic heterocycles. The number of hydrogen-bond donors (Lipinski definition) is 3. The standard InChI is InChI=1S/C17H25N3/c18-16-3-1-12(2-4-16)11-19-20-17-8-13-5-14(9-17)7-15(6-13)10-17/h1-4,13-15,19-20H,5-11,18H2. The van der Waals surface area contributed by atoms with E-state index in [0.29, 0.717) is 5.54 Å². The fraction of sp³-hybridized carbons (Fsp3) is 0.647. The van der Waals surface area contributed by atoms with Crippen LogP contribution in [-0.4, -0.2) is 5.54 Å². The highest BCUT2D eigenvalue weighted by atomic mass is 15.4. The first kappa shape index (κ1) is 12.7. The highest BCUT2D eigenvalue weighted by Crippen LogP contribution is 2.55. The predicted octanol–water partition coefficient (Wildman–Crippen LogP) is 2.83. The highest BCUT2D eigenvalue weighted by molar-refractivity contribution is 5.39. The van der Waals surface area contributed by atoms with Gasteiger partial charge < -0.3 is 5.73 Å². The lowest BCUT2D eigenvalue weighted by Crippen LogP contribution is -2.61. The quantitative estimate of drug-likeness (QED) is 0.583. The Kier molecular flexibility index (Phi) is 3.00. The third-order valence-electron chi connectivity index (χ3n) is 5.66. The molecule has 1 aromatic rings. The topological polar surface area (TPSA) is 50.1 Å². The minimum atomic E-state index is 0.391. The summed E-state index contributed by atoms with van der Waals surface area (Å²) in [5, 5.41) is 0. The molecular formula is C17H25N3. The Labute approximate surface area is 121 Å². The molecule has 4 aliphatic rings. The first-order chi connectivity index (χ1) is 9.71. The molecule has 0 aliphatic heterocycles. The predicted molar refractivity (Wildman–Crippen MR) is 81.7 cm³/mol. The molecule has 5 rings (SSSR count). The molecule has 3 nitrogen and oxygen atoms in total. The first-order valence-corrected chi connectivity index (χ1v) is 8.05. The monoisotopic (exact) mass is 271 g/mol. The highest BCUT2D eigenvalue weighted by Gasteiger charge is 2.50. The first-order valence-electron chi connectivity index (χ1n) is 8.05. The number of benzene rings is 1. The Morgan fingerprint density at radius 3 is 2.05 bits per heavy atom. The van der Waals surface area contributed by atoms with Crippen molar-refractivity contribution in [2.24, 2.45) is 17.8 Å². The Balaban J connectivity index is 1.36. The molecule has 3 heteroatoms. The second kappa shape index (κ2) is 4.74. The van der Waals surface area contributed by atoms with Crippen LogP contribution in [0.15, 0.2) is 24.3 Å². The van der Waals surface area contributed by atoms with E-state index in [1.54, 1.807) is 0 Å². The number of nitrogens with one attached hydrogen (secondary N) is 2. The van der Waals surface area contributed by atoms with Crippen LogP contribution in [-0.2, 0) is 6.54 Å². The minimum absolute atomic E-state index is 0.391. The number of hydrogen-bond acceptors (Lipinski definition) is 3. The van der Waals surface area contributed by atoms with Crippen molar-refractivity contribution >= 4 is 5.69 Å². The summed E-state index contributed by atoms with van der Waals surface area (Å²) in [6, 6.07) is 8.15. The zero-order valence-corrected chi connectivity index (χ0v) is 12.1. The van der Waals surface area contributed by atoms with Crippen molar-refractivity contribution in [2.75, 3.05) is 5.73 Å². The molecule has 4 aliphatic carbocycles. The Morgan fingerprint density at radius 2 is 1.50 bits per heavy atom. The summed E-state index contributed by atoms with van der Waals surface area (Å²) in [6.45, 7) is 0.877. The lowest BCUT2D eigenvalue weighted by Gasteiger charge is -2.57. The number of hydrazine groups is 1. The molecule has 0 saturated heterocycles. The van der Waals surface area contributed by atoms with Gasteiger partial charge in [0.2, 0.25) is 0 Å². The van der Waals surface area contributed by atoms with Crippen molar-refractivity contribution in [2.45, 2.75) is 50.6 Å². The van der Waals surface area contributed by atoms with Gasteiger partial charge in [0.1, 0.15) is 0 Å². The maximum atomic E-state index is 5.72. The molecule has 0 spiro atoms. The molecule has 0 radical (unpaired) electrons. The molecule has 4 fully saturated rings. The molecule has 4 N–H and O–H groups in total. The van der Waals surface area contributed by atoms with Crippen LogP contribution in [0.2, 0.25) is 0 Å². The molecule has 0 atom stereocenters. The van der Waals surface area contributed by atoms with E-state index in [-0.39, 0.29) is 0 Å². The van der Waals surface area contributed by atoms with Crippen LogP contribution in [0.3, 0.4) is 0 Å². The van der Waals surface area contributed by atoms with Crippen LogP contribution in [0.1, 0.15) is 44.1 Å². The van der Waals surface area contributed by atoms with Gasteiger partial charge in [0, 0.05) is 17.8 Å². The average Bonchev–Trinajstić information content (AvgIpc) is 2.39. The maximum Gasteiger partial charge on any atom is 0.0351 e. The van der Waals surface area contributed by atoms with Gasteiger partial charge in [-0.05, 0) is 74.0 Å². The van der Waals surface area contributed by atoms with Crippen LogP contribution < -0.4 is 16.6 Å². The summed E-state index contributed by atoms with van der Waals surface area (Å²) in [5.74, 6) is 2.98. The third-order valence-corrected chi connectivity index (χ3v) is 5.66. The van der Waals surface area contributed by atoms with Gasteiger partial charge in [-0.2, -0.15) is 0 Å². The Morgan fingerprint density at radius 1 is 0.950 bits per heavy atom. The van der Waals surface area contributed by atoms with Gasteiger partial charge in [0.15, 0.2) is 0 Å². The second-order valence-electron chi connectivity index (χ2n) is 7.42. The van der Waals surface area contributed by atoms with Crippen LogP contribution in [0.5, 0.6) is 0 Å². The number of rotatable bonds is 4. The van der Waals surface area contributed by atoms with Crippen molar-refractivity contribution in [1.82, 2.24) is 10.9 Å². The van der Waals surface area contributed by atoms with E-state index in [9.17, 15) is 0 Å². The second-order valence-corrected chi connectivity index (χ2v) is 7.42. The summed E-state index contributed by atoms with van der Waals surface area (Å²) in [7, 11) is 0. The smallest absolute Gasteiger partial charge is 0.0351 e. The molecular weight excluding hydrogens is 246 g/mol. The summed E-state index contributed by atoms with van der Waals surface area (Å²) in [5.41, 5.74) is 15.4. The zero-order chi connectivity index (χ0) is 13.6. The van der Waals surface area contributed by atoms with Gasteiger partial charge in [0.25, 0.3) is 0 Å². The fourth-order valence-electron chi connectivity index (χ4n) is 5.23. The van der Waals surface area contributed by atoms with Gasteiger partial charge in [-0.3, -0.25) is 10.9 Å². The van der Waals surface area contributed by atoms with E-state index < -0.39 is 0 Å². The van der Waals surface area contributed by atoms with Crippen LogP contribution in [0.25, 0.3) is 0 Å². The molecule has 0 amide bonds. The molecule has 0 unspecified atom stereocenters. The summed E-state index contributed by atoms with van der Waals surface area (Å²) < 4.78 is 0. The Bertz CT molecular complexity index is 444. The molecule has 20 heavy (non-hydrogen) atoms. The summed E-state index contributed by atoms with van der Waals surface area (Å²) in [4.78, 5) is 0. The van der Waals surface area contributed by atoms with E-state index in [1.165, 1.54) is 44.1 Å². The fourth-order valence-corrected chi connectivity index (χ4v) is 5.23. The molecule has 0 heterocycles. The summed E-state index contributed by atoms with van der Waals surface area (Å²) in [6.07, 6.45) is 8.64. The van der Waals surface area contributed by atoms with Crippen LogP contribution in [0, 0.1) is 17.8 Å². The molecule has 108 valence electrons. The number of nitrogens with two attached hydrogens (primary N) is 1. The molecule has 4 saturated carbocycles. The molecule has 4 bridgehead atoms. The third kappa shape index (κ3) is 2.33. The zero-order valence-electron chi connectivity index (χ0n) is 12.1. The van der Waals surface area contributed by atoms with E-state index in [1.807, 2.05) is 12.1 Å². The van der Waals surface area contributed by atoms with E-state index >= 15 is 0 Å². The van der Waals surface area contributed by atoms with Crippen molar-refractivity contribution in [3.63, 3.8) is 0 Å². The van der Waals surface area contributed by atoms with Crippen LogP contribution >= 0.6 is 0 Å². The average molecular weight is 271 g/mol. The largest absolute Gasteiger partial charge is 0.399 e.